The van der Waals surface area contributed by atoms with Crippen molar-refractivity contribution in [2.45, 2.75) is 25.7 Å². The Morgan fingerprint density at radius 3 is 2.74 bits per heavy atom. The molecule has 1 fully saturated rings. The number of carbonyl (C=O) groups is 1. The molecule has 0 bridgehead atoms. The lowest BCUT2D eigenvalue weighted by Crippen LogP contribution is -2.27. The van der Waals surface area contributed by atoms with Crippen molar-refractivity contribution >= 4 is 11.6 Å². The van der Waals surface area contributed by atoms with Gasteiger partial charge in [0.2, 0.25) is 0 Å². The number of carbonyl (C=O) groups excluding carboxylic acids is 1. The first kappa shape index (κ1) is 13.3. The minimum absolute atomic E-state index is 0.233. The van der Waals surface area contributed by atoms with Crippen molar-refractivity contribution in [1.82, 2.24) is 5.32 Å². The number of hydrogen-bond acceptors (Lipinski definition) is 4. The quantitative estimate of drug-likeness (QED) is 0.630. The summed E-state index contributed by atoms with van der Waals surface area (Å²) in [5.41, 5.74) is -0.164. The van der Waals surface area contributed by atoms with Gasteiger partial charge in [-0.05, 0) is 24.5 Å². The Morgan fingerprint density at radius 2 is 2.21 bits per heavy atom. The highest BCUT2D eigenvalue weighted by atomic mass is 16.6. The number of hydrogen-bond donors (Lipinski definition) is 2. The molecule has 0 saturated heterocycles. The lowest BCUT2D eigenvalue weighted by atomic mass is 9.83. The molecule has 1 aliphatic carbocycles. The molecule has 0 radical (unpaired) electrons. The second kappa shape index (κ2) is 5.69. The zero-order valence-electron chi connectivity index (χ0n) is 10.5. The average molecular weight is 264 g/mol. The van der Waals surface area contributed by atoms with Crippen LogP contribution in [0.25, 0.3) is 0 Å². The number of nitrogens with one attached hydrogen (secondary N) is 1. The predicted molar refractivity (Wildman–Crippen MR) is 69.1 cm³/mol. The van der Waals surface area contributed by atoms with Gasteiger partial charge < -0.3 is 10.4 Å². The summed E-state index contributed by atoms with van der Waals surface area (Å²) in [6.07, 6.45) is 4.70. The van der Waals surface area contributed by atoms with Gasteiger partial charge >= 0.3 is 5.69 Å². The second-order valence-electron chi connectivity index (χ2n) is 4.80. The highest BCUT2D eigenvalue weighted by Crippen LogP contribution is 2.29. The van der Waals surface area contributed by atoms with Gasteiger partial charge in [0.25, 0.3) is 5.91 Å². The number of rotatable bonds is 5. The molecule has 6 heteroatoms. The third kappa shape index (κ3) is 3.21. The molecule has 1 amide bonds. The second-order valence-corrected chi connectivity index (χ2v) is 4.80. The van der Waals surface area contributed by atoms with E-state index >= 15 is 0 Å². The molecule has 1 saturated carbocycles. The first-order valence-electron chi connectivity index (χ1n) is 6.33. The molecule has 1 aliphatic rings. The van der Waals surface area contributed by atoms with Crippen molar-refractivity contribution in [3.8, 4) is 5.75 Å². The number of phenols is 1. The van der Waals surface area contributed by atoms with Crippen LogP contribution in [0.3, 0.4) is 0 Å². The Kier molecular flexibility index (Phi) is 3.99. The number of benzene rings is 1. The average Bonchev–Trinajstić information content (AvgIpc) is 2.31. The van der Waals surface area contributed by atoms with E-state index in [4.69, 9.17) is 0 Å². The molecule has 0 unspecified atom stereocenters. The van der Waals surface area contributed by atoms with Crippen molar-refractivity contribution < 1.29 is 14.8 Å². The van der Waals surface area contributed by atoms with Gasteiger partial charge in [-0.3, -0.25) is 14.9 Å². The monoisotopic (exact) mass is 264 g/mol. The van der Waals surface area contributed by atoms with Gasteiger partial charge in [0.1, 0.15) is 0 Å². The van der Waals surface area contributed by atoms with Crippen molar-refractivity contribution in [1.29, 1.82) is 0 Å². The number of nitro groups is 1. The highest BCUT2D eigenvalue weighted by molar-refractivity contribution is 5.95. The summed E-state index contributed by atoms with van der Waals surface area (Å²) in [6.45, 7) is 0.598. The zero-order valence-corrected chi connectivity index (χ0v) is 10.5. The fourth-order valence-electron chi connectivity index (χ4n) is 2.09. The van der Waals surface area contributed by atoms with E-state index in [9.17, 15) is 20.0 Å². The van der Waals surface area contributed by atoms with Crippen molar-refractivity contribution in [2.75, 3.05) is 6.54 Å². The summed E-state index contributed by atoms with van der Waals surface area (Å²) in [5, 5.41) is 22.7. The normalized spacial score (nSPS) is 14.7. The minimum Gasteiger partial charge on any atom is -0.502 e. The molecule has 0 aliphatic heterocycles. The van der Waals surface area contributed by atoms with E-state index in [1.54, 1.807) is 0 Å². The first-order valence-corrected chi connectivity index (χ1v) is 6.33. The fraction of sp³-hybridized carbons (Fsp3) is 0.462. The Labute approximate surface area is 110 Å². The summed E-state index contributed by atoms with van der Waals surface area (Å²) in [5.74, 6) is -0.0910. The molecule has 102 valence electrons. The molecule has 1 aromatic carbocycles. The van der Waals surface area contributed by atoms with E-state index in [1.807, 2.05) is 0 Å². The Bertz CT molecular complexity index is 497. The van der Waals surface area contributed by atoms with Crippen LogP contribution in [-0.4, -0.2) is 22.5 Å². The molecule has 19 heavy (non-hydrogen) atoms. The van der Waals surface area contributed by atoms with Crippen LogP contribution in [0.5, 0.6) is 5.75 Å². The molecule has 0 aromatic heterocycles. The number of aromatic hydroxyl groups is 1. The van der Waals surface area contributed by atoms with Crippen LogP contribution < -0.4 is 5.32 Å². The third-order valence-corrected chi connectivity index (χ3v) is 3.50. The maximum absolute atomic E-state index is 11.8. The summed E-state index contributed by atoms with van der Waals surface area (Å²) in [4.78, 5) is 21.6. The van der Waals surface area contributed by atoms with Crippen LogP contribution in [0.4, 0.5) is 5.69 Å². The van der Waals surface area contributed by atoms with Gasteiger partial charge in [-0.1, -0.05) is 19.3 Å². The van der Waals surface area contributed by atoms with Crippen LogP contribution in [0.2, 0.25) is 0 Å². The van der Waals surface area contributed by atoms with Crippen LogP contribution in [-0.2, 0) is 0 Å². The van der Waals surface area contributed by atoms with Crippen LogP contribution >= 0.6 is 0 Å². The Balaban J connectivity index is 1.91. The van der Waals surface area contributed by atoms with Gasteiger partial charge in [0.15, 0.2) is 5.75 Å². The predicted octanol–water partition coefficient (Wildman–Crippen LogP) is 2.22. The molecule has 0 heterocycles. The standard InChI is InChI=1S/C13H16N2O4/c16-12-8-10(4-5-11(12)15(18)19)13(17)14-7-6-9-2-1-3-9/h4-5,8-9,16H,1-3,6-7H2,(H,14,17). The SMILES string of the molecule is O=C(NCCC1CCC1)c1ccc([N+](=O)[O-])c(O)c1. The van der Waals surface area contributed by atoms with E-state index in [1.165, 1.54) is 25.3 Å². The molecule has 2 rings (SSSR count). The number of nitro benzene ring substituents is 1. The van der Waals surface area contributed by atoms with E-state index < -0.39 is 16.4 Å². The first-order chi connectivity index (χ1) is 9.08. The molecular formula is C13H16N2O4. The molecular weight excluding hydrogens is 248 g/mol. The summed E-state index contributed by atoms with van der Waals surface area (Å²) < 4.78 is 0. The summed E-state index contributed by atoms with van der Waals surface area (Å²) >= 11 is 0. The maximum Gasteiger partial charge on any atom is 0.310 e. The van der Waals surface area contributed by atoms with Gasteiger partial charge in [-0.2, -0.15) is 0 Å². The van der Waals surface area contributed by atoms with Crippen LogP contribution in [0.15, 0.2) is 18.2 Å². The number of amides is 1. The molecule has 6 nitrogen and oxygen atoms in total. The van der Waals surface area contributed by atoms with E-state index in [-0.39, 0.29) is 11.5 Å². The van der Waals surface area contributed by atoms with Crippen molar-refractivity contribution in [3.05, 3.63) is 33.9 Å². The molecule has 0 spiro atoms. The zero-order chi connectivity index (χ0) is 13.8. The molecule has 1 aromatic rings. The summed E-state index contributed by atoms with van der Waals surface area (Å²) in [6, 6.07) is 3.60. The van der Waals surface area contributed by atoms with E-state index in [0.29, 0.717) is 12.5 Å². The Morgan fingerprint density at radius 1 is 1.47 bits per heavy atom. The summed E-state index contributed by atoms with van der Waals surface area (Å²) in [7, 11) is 0. The maximum atomic E-state index is 11.8. The topological polar surface area (TPSA) is 92.5 Å². The van der Waals surface area contributed by atoms with Gasteiger partial charge in [-0.15, -0.1) is 0 Å². The van der Waals surface area contributed by atoms with Gasteiger partial charge in [0, 0.05) is 18.2 Å². The van der Waals surface area contributed by atoms with Gasteiger partial charge in [0.05, 0.1) is 4.92 Å². The lowest BCUT2D eigenvalue weighted by molar-refractivity contribution is -0.385. The minimum atomic E-state index is -0.687. The lowest BCUT2D eigenvalue weighted by Gasteiger charge is -2.25. The molecule has 2 N–H and O–H groups in total. The van der Waals surface area contributed by atoms with Crippen molar-refractivity contribution in [3.63, 3.8) is 0 Å². The smallest absolute Gasteiger partial charge is 0.310 e. The number of phenolic OH excluding ortho intramolecular Hbond substituents is 1. The Hall–Kier alpha value is -2.11. The highest BCUT2D eigenvalue weighted by Gasteiger charge is 2.18. The largest absolute Gasteiger partial charge is 0.502 e. The number of nitrogens with zero attached hydrogens (tertiary/aromatic N) is 1. The molecule has 0 atom stereocenters. The van der Waals surface area contributed by atoms with Crippen LogP contribution in [0, 0.1) is 16.0 Å². The van der Waals surface area contributed by atoms with E-state index in [0.717, 1.165) is 18.6 Å². The van der Waals surface area contributed by atoms with Crippen molar-refractivity contribution in [2.24, 2.45) is 5.92 Å². The van der Waals surface area contributed by atoms with Gasteiger partial charge in [-0.25, -0.2) is 0 Å². The third-order valence-electron chi connectivity index (χ3n) is 3.50. The van der Waals surface area contributed by atoms with Crippen LogP contribution in [0.1, 0.15) is 36.0 Å². The van der Waals surface area contributed by atoms with E-state index in [2.05, 4.69) is 5.32 Å². The fourth-order valence-corrected chi connectivity index (χ4v) is 2.09.